The van der Waals surface area contributed by atoms with Crippen molar-refractivity contribution in [2.75, 3.05) is 18.8 Å². The zero-order chi connectivity index (χ0) is 12.1. The summed E-state index contributed by atoms with van der Waals surface area (Å²) >= 11 is 5.85. The number of rotatable bonds is 3. The van der Waals surface area contributed by atoms with Crippen molar-refractivity contribution in [1.82, 2.24) is 4.90 Å². The number of nitrogens with zero attached hydrogens (tertiary/aromatic N) is 1. The topological polar surface area (TPSA) is 46.3 Å². The lowest BCUT2D eigenvalue weighted by Crippen LogP contribution is -2.31. The van der Waals surface area contributed by atoms with Crippen LogP contribution in [0.4, 0.5) is 5.69 Å². The Morgan fingerprint density at radius 1 is 1.62 bits per heavy atom. The number of nitrogens with two attached hydrogens (primary N) is 1. The molecule has 0 heterocycles. The number of terminal acetylenes is 1. The van der Waals surface area contributed by atoms with Gasteiger partial charge in [0.1, 0.15) is 0 Å². The Kier molecular flexibility index (Phi) is 4.21. The molecule has 2 N–H and O–H groups in total. The van der Waals surface area contributed by atoms with Gasteiger partial charge in [0.15, 0.2) is 0 Å². The quantitative estimate of drug-likeness (QED) is 0.645. The summed E-state index contributed by atoms with van der Waals surface area (Å²) in [5.74, 6) is 2.24. The molecule has 1 aromatic carbocycles. The predicted octanol–water partition coefficient (Wildman–Crippen LogP) is 2.02. The molecule has 0 saturated heterocycles. The van der Waals surface area contributed by atoms with Gasteiger partial charge in [-0.1, -0.05) is 23.6 Å². The third-order valence-corrected chi connectivity index (χ3v) is 2.56. The molecule has 0 bridgehead atoms. The molecule has 0 fully saturated rings. The zero-order valence-electron chi connectivity index (χ0n) is 9.03. The van der Waals surface area contributed by atoms with Crippen LogP contribution in [0.1, 0.15) is 17.3 Å². The molecule has 3 nitrogen and oxygen atoms in total. The molecule has 0 aliphatic heterocycles. The van der Waals surface area contributed by atoms with Crippen molar-refractivity contribution in [3.63, 3.8) is 0 Å². The van der Waals surface area contributed by atoms with E-state index in [9.17, 15) is 4.79 Å². The molecular formula is C12H13ClN2O. The Hall–Kier alpha value is -1.66. The highest BCUT2D eigenvalue weighted by Gasteiger charge is 2.16. The van der Waals surface area contributed by atoms with Gasteiger partial charge in [-0.2, -0.15) is 0 Å². The van der Waals surface area contributed by atoms with Crippen LogP contribution in [-0.2, 0) is 0 Å². The maximum absolute atomic E-state index is 12.0. The Morgan fingerprint density at radius 2 is 2.31 bits per heavy atom. The van der Waals surface area contributed by atoms with E-state index in [1.165, 1.54) is 4.90 Å². The number of anilines is 1. The van der Waals surface area contributed by atoms with Crippen LogP contribution in [0.2, 0.25) is 5.02 Å². The average Bonchev–Trinajstić information content (AvgIpc) is 2.29. The summed E-state index contributed by atoms with van der Waals surface area (Å²) in [5.41, 5.74) is 6.43. The maximum Gasteiger partial charge on any atom is 0.256 e. The Morgan fingerprint density at radius 3 is 2.88 bits per heavy atom. The standard InChI is InChI=1S/C12H13ClN2O/c1-3-8-15(4-2)12(16)9-6-5-7-10(13)11(9)14/h1,5-7H,4,8,14H2,2H3. The first kappa shape index (κ1) is 12.4. The predicted molar refractivity (Wildman–Crippen MR) is 66.3 cm³/mol. The van der Waals surface area contributed by atoms with Gasteiger partial charge in [-0.3, -0.25) is 4.79 Å². The summed E-state index contributed by atoms with van der Waals surface area (Å²) in [6.45, 7) is 2.66. The first-order valence-electron chi connectivity index (χ1n) is 4.88. The fraction of sp³-hybridized carbons (Fsp3) is 0.250. The average molecular weight is 237 g/mol. The Balaban J connectivity index is 3.05. The number of halogens is 1. The number of amides is 1. The van der Waals surface area contributed by atoms with E-state index < -0.39 is 0 Å². The molecule has 1 amide bonds. The molecule has 1 rings (SSSR count). The summed E-state index contributed by atoms with van der Waals surface area (Å²) in [6.07, 6.45) is 5.19. The number of hydrogen-bond acceptors (Lipinski definition) is 2. The molecule has 0 atom stereocenters. The van der Waals surface area contributed by atoms with Crippen LogP contribution >= 0.6 is 11.6 Å². The van der Waals surface area contributed by atoms with Gasteiger partial charge in [-0.25, -0.2) is 0 Å². The number of nitrogen functional groups attached to an aromatic ring is 1. The van der Waals surface area contributed by atoms with E-state index >= 15 is 0 Å². The van der Waals surface area contributed by atoms with E-state index in [0.29, 0.717) is 22.8 Å². The zero-order valence-corrected chi connectivity index (χ0v) is 9.79. The minimum atomic E-state index is -0.194. The number of carbonyl (C=O) groups is 1. The van der Waals surface area contributed by atoms with Gasteiger partial charge >= 0.3 is 0 Å². The summed E-state index contributed by atoms with van der Waals surface area (Å²) < 4.78 is 0. The van der Waals surface area contributed by atoms with Gasteiger partial charge in [-0.05, 0) is 19.1 Å². The molecule has 0 radical (unpaired) electrons. The molecule has 0 spiro atoms. The van der Waals surface area contributed by atoms with Gasteiger partial charge in [-0.15, -0.1) is 6.42 Å². The second kappa shape index (κ2) is 5.43. The van der Waals surface area contributed by atoms with Crippen LogP contribution in [0.5, 0.6) is 0 Å². The third-order valence-electron chi connectivity index (χ3n) is 2.23. The lowest BCUT2D eigenvalue weighted by molar-refractivity contribution is 0.0786. The van der Waals surface area contributed by atoms with E-state index in [1.807, 2.05) is 6.92 Å². The van der Waals surface area contributed by atoms with Crippen molar-refractivity contribution in [2.45, 2.75) is 6.92 Å². The molecule has 4 heteroatoms. The fourth-order valence-corrected chi connectivity index (χ4v) is 1.51. The van der Waals surface area contributed by atoms with E-state index in [2.05, 4.69) is 5.92 Å². The first-order chi connectivity index (χ1) is 7.61. The van der Waals surface area contributed by atoms with Crippen LogP contribution < -0.4 is 5.73 Å². The van der Waals surface area contributed by atoms with Crippen LogP contribution in [0.25, 0.3) is 0 Å². The normalized spacial score (nSPS) is 9.56. The van der Waals surface area contributed by atoms with E-state index in [0.717, 1.165) is 0 Å². The van der Waals surface area contributed by atoms with Crippen LogP contribution in [-0.4, -0.2) is 23.9 Å². The number of hydrogen-bond donors (Lipinski definition) is 1. The third kappa shape index (κ3) is 2.47. The van der Waals surface area contributed by atoms with Crippen molar-refractivity contribution < 1.29 is 4.79 Å². The van der Waals surface area contributed by atoms with Crippen molar-refractivity contribution in [3.05, 3.63) is 28.8 Å². The largest absolute Gasteiger partial charge is 0.397 e. The van der Waals surface area contributed by atoms with E-state index in [4.69, 9.17) is 23.8 Å². The SMILES string of the molecule is C#CCN(CC)C(=O)c1cccc(Cl)c1N. The van der Waals surface area contributed by atoms with Crippen LogP contribution in [0, 0.1) is 12.3 Å². The molecule has 1 aromatic rings. The van der Waals surface area contributed by atoms with Crippen LogP contribution in [0.3, 0.4) is 0 Å². The summed E-state index contributed by atoms with van der Waals surface area (Å²) in [6, 6.07) is 4.98. The molecule has 0 aromatic heterocycles. The van der Waals surface area contributed by atoms with Crippen molar-refractivity contribution in [3.8, 4) is 12.3 Å². The summed E-state index contributed by atoms with van der Waals surface area (Å²) in [5, 5.41) is 0.377. The number of carbonyl (C=O) groups excluding carboxylic acids is 1. The van der Waals surface area contributed by atoms with Gasteiger partial charge < -0.3 is 10.6 Å². The van der Waals surface area contributed by atoms with E-state index in [-0.39, 0.29) is 12.5 Å². The molecule has 0 aliphatic rings. The van der Waals surface area contributed by atoms with Crippen molar-refractivity contribution in [2.24, 2.45) is 0 Å². The van der Waals surface area contributed by atoms with Crippen molar-refractivity contribution in [1.29, 1.82) is 0 Å². The highest BCUT2D eigenvalue weighted by molar-refractivity contribution is 6.33. The molecule has 0 unspecified atom stereocenters. The molecule has 16 heavy (non-hydrogen) atoms. The van der Waals surface area contributed by atoms with Crippen molar-refractivity contribution >= 4 is 23.2 Å². The smallest absolute Gasteiger partial charge is 0.256 e. The number of para-hydroxylation sites is 1. The second-order valence-electron chi connectivity index (χ2n) is 3.22. The highest BCUT2D eigenvalue weighted by Crippen LogP contribution is 2.23. The molecule has 0 aliphatic carbocycles. The van der Waals surface area contributed by atoms with Gasteiger partial charge in [0.05, 0.1) is 22.8 Å². The van der Waals surface area contributed by atoms with Gasteiger partial charge in [0.25, 0.3) is 5.91 Å². The summed E-state index contributed by atoms with van der Waals surface area (Å²) in [7, 11) is 0. The van der Waals surface area contributed by atoms with Gasteiger partial charge in [0.2, 0.25) is 0 Å². The maximum atomic E-state index is 12.0. The summed E-state index contributed by atoms with van der Waals surface area (Å²) in [4.78, 5) is 13.6. The fourth-order valence-electron chi connectivity index (χ4n) is 1.33. The lowest BCUT2D eigenvalue weighted by Gasteiger charge is -2.19. The second-order valence-corrected chi connectivity index (χ2v) is 3.63. The first-order valence-corrected chi connectivity index (χ1v) is 5.26. The van der Waals surface area contributed by atoms with Gasteiger partial charge in [0, 0.05) is 6.54 Å². The highest BCUT2D eigenvalue weighted by atomic mass is 35.5. The molecule has 84 valence electrons. The minimum Gasteiger partial charge on any atom is -0.397 e. The minimum absolute atomic E-state index is 0.194. The molecular weight excluding hydrogens is 224 g/mol. The van der Waals surface area contributed by atoms with Crippen LogP contribution in [0.15, 0.2) is 18.2 Å². The number of benzene rings is 1. The van der Waals surface area contributed by atoms with E-state index in [1.54, 1.807) is 18.2 Å². The monoisotopic (exact) mass is 236 g/mol. The Bertz CT molecular complexity index is 437. The Labute approximate surface area is 100 Å². The lowest BCUT2D eigenvalue weighted by atomic mass is 10.1. The molecule has 0 saturated carbocycles.